The highest BCUT2D eigenvalue weighted by Gasteiger charge is 2.18. The lowest BCUT2D eigenvalue weighted by molar-refractivity contribution is -0.385. The topological polar surface area (TPSA) is 111 Å². The zero-order valence-corrected chi connectivity index (χ0v) is 11.2. The molecule has 110 valence electrons. The lowest BCUT2D eigenvalue weighted by Gasteiger charge is -2.12. The summed E-state index contributed by atoms with van der Waals surface area (Å²) in [6.45, 7) is 0.0335. The van der Waals surface area contributed by atoms with Gasteiger partial charge in [-0.1, -0.05) is 0 Å². The zero-order chi connectivity index (χ0) is 15.1. The van der Waals surface area contributed by atoms with Crippen LogP contribution in [0.15, 0.2) is 18.2 Å². The number of nitrogens with one attached hydrogen (secondary N) is 1. The molecule has 0 spiro atoms. The SMILES string of the molecule is CNC(CCOc1cc(OC)ccc1[N+](=O)[O-])C(=O)O. The van der Waals surface area contributed by atoms with Gasteiger partial charge >= 0.3 is 11.7 Å². The number of carbonyl (C=O) groups is 1. The van der Waals surface area contributed by atoms with Crippen molar-refractivity contribution in [3.8, 4) is 11.5 Å². The Hall–Kier alpha value is -2.35. The van der Waals surface area contributed by atoms with Gasteiger partial charge in [-0.05, 0) is 13.1 Å². The minimum atomic E-state index is -1.00. The summed E-state index contributed by atoms with van der Waals surface area (Å²) < 4.78 is 10.3. The van der Waals surface area contributed by atoms with Crippen LogP contribution in [0.4, 0.5) is 5.69 Å². The van der Waals surface area contributed by atoms with E-state index in [2.05, 4.69) is 5.32 Å². The number of ether oxygens (including phenoxy) is 2. The first kappa shape index (κ1) is 15.7. The van der Waals surface area contributed by atoms with Gasteiger partial charge in [0.05, 0.1) is 18.6 Å². The van der Waals surface area contributed by atoms with E-state index < -0.39 is 16.9 Å². The quantitative estimate of drug-likeness (QED) is 0.542. The van der Waals surface area contributed by atoms with Crippen molar-refractivity contribution in [3.05, 3.63) is 28.3 Å². The van der Waals surface area contributed by atoms with E-state index in [1.165, 1.54) is 32.4 Å². The maximum atomic E-state index is 10.9. The summed E-state index contributed by atoms with van der Waals surface area (Å²) in [6.07, 6.45) is 0.181. The van der Waals surface area contributed by atoms with Gasteiger partial charge in [-0.3, -0.25) is 14.9 Å². The summed E-state index contributed by atoms with van der Waals surface area (Å²) in [6, 6.07) is 3.37. The summed E-state index contributed by atoms with van der Waals surface area (Å²) in [5.74, 6) is -0.528. The standard InChI is InChI=1S/C12H16N2O6/c1-13-9(12(15)16)5-6-20-11-7-8(19-2)3-4-10(11)14(17)18/h3-4,7,9,13H,5-6H2,1-2H3,(H,15,16). The maximum absolute atomic E-state index is 10.9. The molecule has 0 amide bonds. The third kappa shape index (κ3) is 4.09. The largest absolute Gasteiger partial charge is 0.497 e. The number of rotatable bonds is 8. The summed E-state index contributed by atoms with van der Waals surface area (Å²) in [7, 11) is 2.96. The predicted molar refractivity (Wildman–Crippen MR) is 70.2 cm³/mol. The Labute approximate surface area is 115 Å². The molecule has 8 nitrogen and oxygen atoms in total. The molecule has 0 bridgehead atoms. The van der Waals surface area contributed by atoms with Crippen molar-refractivity contribution in [1.82, 2.24) is 5.32 Å². The number of nitro benzene ring substituents is 1. The minimum Gasteiger partial charge on any atom is -0.497 e. The highest BCUT2D eigenvalue weighted by atomic mass is 16.6. The molecule has 0 radical (unpaired) electrons. The smallest absolute Gasteiger partial charge is 0.320 e. The molecule has 0 saturated heterocycles. The molecule has 0 aliphatic rings. The van der Waals surface area contributed by atoms with Crippen LogP contribution in [0.2, 0.25) is 0 Å². The first-order chi connectivity index (χ1) is 9.49. The molecule has 8 heteroatoms. The third-order valence-corrected chi connectivity index (χ3v) is 2.67. The Bertz CT molecular complexity index is 491. The monoisotopic (exact) mass is 284 g/mol. The molecule has 0 heterocycles. The van der Waals surface area contributed by atoms with Crippen molar-refractivity contribution in [2.24, 2.45) is 0 Å². The van der Waals surface area contributed by atoms with E-state index in [9.17, 15) is 14.9 Å². The summed E-state index contributed by atoms with van der Waals surface area (Å²) in [5, 5.41) is 22.3. The normalized spacial score (nSPS) is 11.7. The van der Waals surface area contributed by atoms with Gasteiger partial charge in [0.2, 0.25) is 5.75 Å². The van der Waals surface area contributed by atoms with Crippen molar-refractivity contribution in [1.29, 1.82) is 0 Å². The third-order valence-electron chi connectivity index (χ3n) is 2.67. The number of likely N-dealkylation sites (N-methyl/N-ethyl adjacent to an activating group) is 1. The van der Waals surface area contributed by atoms with Crippen LogP contribution in [-0.2, 0) is 4.79 Å². The van der Waals surface area contributed by atoms with Gasteiger partial charge in [0.25, 0.3) is 0 Å². The molecule has 1 atom stereocenters. The van der Waals surface area contributed by atoms with Crippen molar-refractivity contribution in [2.45, 2.75) is 12.5 Å². The second-order valence-electron chi connectivity index (χ2n) is 3.91. The summed E-state index contributed by atoms with van der Waals surface area (Å²) in [5.41, 5.74) is -0.192. The Kier molecular flexibility index (Phi) is 5.73. The number of hydrogen-bond acceptors (Lipinski definition) is 6. The van der Waals surface area contributed by atoms with Gasteiger partial charge in [0.15, 0.2) is 0 Å². The van der Waals surface area contributed by atoms with E-state index in [4.69, 9.17) is 14.6 Å². The number of methoxy groups -OCH3 is 1. The number of carboxylic acid groups (broad SMARTS) is 1. The fourth-order valence-corrected chi connectivity index (χ4v) is 1.57. The molecule has 2 N–H and O–H groups in total. The maximum Gasteiger partial charge on any atom is 0.320 e. The van der Waals surface area contributed by atoms with Crippen LogP contribution in [-0.4, -0.2) is 42.8 Å². The average molecular weight is 284 g/mol. The van der Waals surface area contributed by atoms with Crippen molar-refractivity contribution < 1.29 is 24.3 Å². The molecule has 1 unspecified atom stereocenters. The van der Waals surface area contributed by atoms with Gasteiger partial charge < -0.3 is 19.9 Å². The summed E-state index contributed by atoms with van der Waals surface area (Å²) >= 11 is 0. The Balaban J connectivity index is 2.75. The molecule has 1 aromatic rings. The summed E-state index contributed by atoms with van der Waals surface area (Å²) in [4.78, 5) is 21.1. The van der Waals surface area contributed by atoms with Crippen LogP contribution in [0.1, 0.15) is 6.42 Å². The Morgan fingerprint density at radius 3 is 2.75 bits per heavy atom. The highest BCUT2D eigenvalue weighted by Crippen LogP contribution is 2.31. The van der Waals surface area contributed by atoms with Crippen LogP contribution in [0.5, 0.6) is 11.5 Å². The van der Waals surface area contributed by atoms with Crippen molar-refractivity contribution in [2.75, 3.05) is 20.8 Å². The molecule has 0 saturated carbocycles. The lowest BCUT2D eigenvalue weighted by Crippen LogP contribution is -2.35. The molecule has 0 aliphatic carbocycles. The molecular formula is C12H16N2O6. The first-order valence-corrected chi connectivity index (χ1v) is 5.85. The van der Waals surface area contributed by atoms with Crippen molar-refractivity contribution >= 4 is 11.7 Å². The fraction of sp³-hybridized carbons (Fsp3) is 0.417. The first-order valence-electron chi connectivity index (χ1n) is 5.85. The fourth-order valence-electron chi connectivity index (χ4n) is 1.57. The van der Waals surface area contributed by atoms with Gasteiger partial charge in [0.1, 0.15) is 11.8 Å². The van der Waals surface area contributed by atoms with Gasteiger partial charge in [0, 0.05) is 18.6 Å². The van der Waals surface area contributed by atoms with Gasteiger partial charge in [-0.2, -0.15) is 0 Å². The molecule has 0 aromatic heterocycles. The lowest BCUT2D eigenvalue weighted by atomic mass is 10.2. The molecule has 1 rings (SSSR count). The van der Waals surface area contributed by atoms with Crippen LogP contribution < -0.4 is 14.8 Å². The second-order valence-corrected chi connectivity index (χ2v) is 3.91. The average Bonchev–Trinajstić information content (AvgIpc) is 2.42. The van der Waals surface area contributed by atoms with E-state index in [0.29, 0.717) is 5.75 Å². The number of aliphatic carboxylic acids is 1. The molecule has 0 fully saturated rings. The molecular weight excluding hydrogens is 268 g/mol. The highest BCUT2D eigenvalue weighted by molar-refractivity contribution is 5.73. The van der Waals surface area contributed by atoms with E-state index in [1.807, 2.05) is 0 Å². The number of nitrogens with zero attached hydrogens (tertiary/aromatic N) is 1. The van der Waals surface area contributed by atoms with Crippen molar-refractivity contribution in [3.63, 3.8) is 0 Å². The number of carboxylic acids is 1. The number of hydrogen-bond donors (Lipinski definition) is 2. The number of nitro groups is 1. The van der Waals surface area contributed by atoms with Gasteiger partial charge in [-0.15, -0.1) is 0 Å². The van der Waals surface area contributed by atoms with Crippen LogP contribution in [0.25, 0.3) is 0 Å². The van der Waals surface area contributed by atoms with E-state index >= 15 is 0 Å². The van der Waals surface area contributed by atoms with E-state index in [1.54, 1.807) is 0 Å². The number of benzene rings is 1. The van der Waals surface area contributed by atoms with Crippen LogP contribution in [0.3, 0.4) is 0 Å². The van der Waals surface area contributed by atoms with Crippen LogP contribution >= 0.6 is 0 Å². The molecule has 1 aromatic carbocycles. The Morgan fingerprint density at radius 1 is 1.55 bits per heavy atom. The van der Waals surface area contributed by atoms with E-state index in [0.717, 1.165) is 0 Å². The van der Waals surface area contributed by atoms with E-state index in [-0.39, 0.29) is 24.5 Å². The Morgan fingerprint density at radius 2 is 2.25 bits per heavy atom. The minimum absolute atomic E-state index is 0.0335. The molecule has 0 aliphatic heterocycles. The second kappa shape index (κ2) is 7.29. The molecule has 20 heavy (non-hydrogen) atoms. The van der Waals surface area contributed by atoms with Crippen LogP contribution in [0, 0.1) is 10.1 Å². The van der Waals surface area contributed by atoms with Gasteiger partial charge in [-0.25, -0.2) is 0 Å². The zero-order valence-electron chi connectivity index (χ0n) is 11.2. The predicted octanol–water partition coefficient (Wildman–Crippen LogP) is 1.04.